The quantitative estimate of drug-likeness (QED) is 0.162. The molecule has 0 aromatic heterocycles. The molecule has 3 aromatic rings. The van der Waals surface area contributed by atoms with E-state index in [2.05, 4.69) is 29.6 Å². The van der Waals surface area contributed by atoms with Gasteiger partial charge in [-0.2, -0.15) is 0 Å². The summed E-state index contributed by atoms with van der Waals surface area (Å²) in [5, 5.41) is 2.81. The second-order valence-corrected chi connectivity index (χ2v) is 10.9. The maximum Gasteiger partial charge on any atom is 0.407 e. The van der Waals surface area contributed by atoms with Gasteiger partial charge in [-0.05, 0) is 61.4 Å². The van der Waals surface area contributed by atoms with E-state index in [9.17, 15) is 14.4 Å². The number of Topliss-reactive ketones (excluding diaryl/α,β-unsaturated/α-hetero) is 1. The molecule has 0 spiro atoms. The first-order chi connectivity index (χ1) is 18.7. The molecule has 0 fully saturated rings. The number of carbonyl (C=O) groups is 3. The van der Waals surface area contributed by atoms with Crippen LogP contribution >= 0.6 is 0 Å². The lowest BCUT2D eigenvalue weighted by molar-refractivity contribution is -0.154. The number of hydrogen-bond donors (Lipinski definition) is 1. The lowest BCUT2D eigenvalue weighted by Gasteiger charge is -2.19. The van der Waals surface area contributed by atoms with Crippen LogP contribution in [-0.4, -0.2) is 30.1 Å². The van der Waals surface area contributed by atoms with E-state index in [1.807, 2.05) is 57.2 Å². The Labute approximate surface area is 230 Å². The van der Waals surface area contributed by atoms with Crippen LogP contribution in [0, 0.1) is 0 Å². The van der Waals surface area contributed by atoms with Crippen LogP contribution in [0.25, 0.3) is 11.1 Å². The fraction of sp³-hybridized carbons (Fsp3) is 0.364. The van der Waals surface area contributed by atoms with Crippen LogP contribution in [0.15, 0.2) is 72.8 Å². The molecule has 0 heterocycles. The molecule has 204 valence electrons. The molecule has 1 amide bonds. The Hall–Kier alpha value is -3.93. The molecule has 0 radical (unpaired) electrons. The summed E-state index contributed by atoms with van der Waals surface area (Å²) < 4.78 is 10.9. The fourth-order valence-electron chi connectivity index (χ4n) is 4.90. The van der Waals surface area contributed by atoms with E-state index >= 15 is 0 Å². The van der Waals surface area contributed by atoms with Gasteiger partial charge < -0.3 is 14.8 Å². The Bertz CT molecular complexity index is 1260. The average molecular weight is 528 g/mol. The summed E-state index contributed by atoms with van der Waals surface area (Å²) >= 11 is 0. The first kappa shape index (κ1) is 28.1. The minimum absolute atomic E-state index is 0.0192. The van der Waals surface area contributed by atoms with Gasteiger partial charge in [0.1, 0.15) is 12.2 Å². The van der Waals surface area contributed by atoms with Gasteiger partial charge in [-0.15, -0.1) is 0 Å². The van der Waals surface area contributed by atoms with Gasteiger partial charge in [0, 0.05) is 30.9 Å². The zero-order valence-electron chi connectivity index (χ0n) is 23.0. The van der Waals surface area contributed by atoms with Gasteiger partial charge in [-0.1, -0.05) is 79.2 Å². The second kappa shape index (κ2) is 12.7. The molecule has 0 atom stereocenters. The maximum atomic E-state index is 12.5. The molecule has 3 aromatic carbocycles. The number of alkyl carbamates (subject to hydrolysis) is 1. The molecule has 0 aliphatic heterocycles. The van der Waals surface area contributed by atoms with Gasteiger partial charge in [0.2, 0.25) is 0 Å². The number of rotatable bonds is 11. The smallest absolute Gasteiger partial charge is 0.407 e. The van der Waals surface area contributed by atoms with E-state index in [4.69, 9.17) is 9.47 Å². The van der Waals surface area contributed by atoms with Crippen LogP contribution < -0.4 is 5.32 Å². The van der Waals surface area contributed by atoms with Crippen molar-refractivity contribution in [2.45, 2.75) is 70.9 Å². The predicted octanol–water partition coefficient (Wildman–Crippen LogP) is 7.20. The molecule has 39 heavy (non-hydrogen) atoms. The Morgan fingerprint density at radius 3 is 1.97 bits per heavy atom. The molecule has 0 saturated carbocycles. The molecule has 0 saturated heterocycles. The Morgan fingerprint density at radius 2 is 1.36 bits per heavy atom. The minimum atomic E-state index is -0.469. The Balaban J connectivity index is 1.17. The van der Waals surface area contributed by atoms with E-state index in [1.165, 1.54) is 22.3 Å². The number of amides is 1. The Morgan fingerprint density at radius 1 is 0.769 bits per heavy atom. The summed E-state index contributed by atoms with van der Waals surface area (Å²) in [5.41, 5.74) is 5.80. The number of carbonyl (C=O) groups excluding carboxylic acids is 3. The lowest BCUT2D eigenvalue weighted by Crippen LogP contribution is -2.25. The summed E-state index contributed by atoms with van der Waals surface area (Å²) in [4.78, 5) is 36.7. The van der Waals surface area contributed by atoms with E-state index in [0.29, 0.717) is 31.4 Å². The van der Waals surface area contributed by atoms with Crippen LogP contribution in [0.3, 0.4) is 0 Å². The number of benzene rings is 3. The van der Waals surface area contributed by atoms with Crippen LogP contribution in [0.5, 0.6) is 0 Å². The number of nitrogens with one attached hydrogen (secondary N) is 1. The van der Waals surface area contributed by atoms with Crippen molar-refractivity contribution in [3.63, 3.8) is 0 Å². The van der Waals surface area contributed by atoms with Crippen molar-refractivity contribution in [1.29, 1.82) is 0 Å². The monoisotopic (exact) mass is 527 g/mol. The van der Waals surface area contributed by atoms with Gasteiger partial charge in [0.05, 0.1) is 0 Å². The van der Waals surface area contributed by atoms with Gasteiger partial charge in [0.25, 0.3) is 0 Å². The predicted molar refractivity (Wildman–Crippen MR) is 152 cm³/mol. The van der Waals surface area contributed by atoms with Gasteiger partial charge in [-0.25, -0.2) is 4.79 Å². The molecule has 1 N–H and O–H groups in total. The summed E-state index contributed by atoms with van der Waals surface area (Å²) in [6, 6.07) is 23.7. The molecule has 4 rings (SSSR count). The first-order valence-corrected chi connectivity index (χ1v) is 13.6. The van der Waals surface area contributed by atoms with Crippen LogP contribution in [0.1, 0.15) is 85.8 Å². The molecule has 0 bridgehead atoms. The van der Waals surface area contributed by atoms with Crippen LogP contribution in [0.2, 0.25) is 0 Å². The SMILES string of the molecule is CC(C)(C)OC(=O)CCCCCC(=O)c1ccc(CNC(=O)OCC2c3ccccc3-c3ccccc32)cc1. The molecule has 1 aliphatic rings. The molecular formula is C33H37NO5. The normalized spacial score (nSPS) is 12.4. The lowest BCUT2D eigenvalue weighted by atomic mass is 9.98. The molecule has 6 heteroatoms. The van der Waals surface area contributed by atoms with Gasteiger partial charge >= 0.3 is 12.1 Å². The third-order valence-electron chi connectivity index (χ3n) is 6.76. The van der Waals surface area contributed by atoms with E-state index < -0.39 is 11.7 Å². The minimum Gasteiger partial charge on any atom is -0.460 e. The Kier molecular flexibility index (Phi) is 9.18. The highest BCUT2D eigenvalue weighted by molar-refractivity contribution is 5.96. The zero-order chi connectivity index (χ0) is 27.8. The van der Waals surface area contributed by atoms with Crippen LogP contribution in [-0.2, 0) is 20.8 Å². The summed E-state index contributed by atoms with van der Waals surface area (Å²) in [6.45, 7) is 6.14. The number of hydrogen-bond acceptors (Lipinski definition) is 5. The third-order valence-corrected chi connectivity index (χ3v) is 6.76. The van der Waals surface area contributed by atoms with Crippen molar-refractivity contribution in [3.05, 3.63) is 95.1 Å². The molecule has 0 unspecified atom stereocenters. The summed E-state index contributed by atoms with van der Waals surface area (Å²) in [5.74, 6) is -0.106. The van der Waals surface area contributed by atoms with Crippen molar-refractivity contribution < 1.29 is 23.9 Å². The highest BCUT2D eigenvalue weighted by atomic mass is 16.6. The number of esters is 1. The van der Waals surface area contributed by atoms with Crippen molar-refractivity contribution in [3.8, 4) is 11.1 Å². The average Bonchev–Trinajstić information content (AvgIpc) is 3.23. The summed E-state index contributed by atoms with van der Waals surface area (Å²) in [7, 11) is 0. The fourth-order valence-corrected chi connectivity index (χ4v) is 4.90. The first-order valence-electron chi connectivity index (χ1n) is 13.6. The number of ketones is 1. The highest BCUT2D eigenvalue weighted by Gasteiger charge is 2.29. The maximum absolute atomic E-state index is 12.5. The van der Waals surface area contributed by atoms with Crippen molar-refractivity contribution in [2.24, 2.45) is 0 Å². The molecular weight excluding hydrogens is 490 g/mol. The topological polar surface area (TPSA) is 81.7 Å². The number of ether oxygens (including phenoxy) is 2. The van der Waals surface area contributed by atoms with E-state index in [0.717, 1.165) is 18.4 Å². The molecule has 6 nitrogen and oxygen atoms in total. The number of unbranched alkanes of at least 4 members (excludes halogenated alkanes) is 2. The second-order valence-electron chi connectivity index (χ2n) is 10.9. The van der Waals surface area contributed by atoms with Gasteiger partial charge in [0.15, 0.2) is 5.78 Å². The largest absolute Gasteiger partial charge is 0.460 e. The van der Waals surface area contributed by atoms with Crippen molar-refractivity contribution in [2.75, 3.05) is 6.61 Å². The van der Waals surface area contributed by atoms with E-state index in [1.54, 1.807) is 12.1 Å². The summed E-state index contributed by atoms with van der Waals surface area (Å²) in [6.07, 6.45) is 2.58. The van der Waals surface area contributed by atoms with Crippen LogP contribution in [0.4, 0.5) is 4.79 Å². The van der Waals surface area contributed by atoms with E-state index in [-0.39, 0.29) is 24.3 Å². The number of fused-ring (bicyclic) bond motifs is 3. The van der Waals surface area contributed by atoms with Crippen molar-refractivity contribution in [1.82, 2.24) is 5.32 Å². The highest BCUT2D eigenvalue weighted by Crippen LogP contribution is 2.44. The van der Waals surface area contributed by atoms with Gasteiger partial charge in [-0.3, -0.25) is 9.59 Å². The standard InChI is InChI=1S/C33H37NO5/c1-33(2,3)39-31(36)16-6-4-5-15-30(35)24-19-17-23(18-20-24)21-34-32(37)38-22-29-27-13-9-7-11-25(27)26-12-8-10-14-28(26)29/h7-14,17-20,29H,4-6,15-16,21-22H2,1-3H3,(H,34,37). The molecule has 1 aliphatic carbocycles. The third kappa shape index (κ3) is 7.79. The van der Waals surface area contributed by atoms with Crippen molar-refractivity contribution >= 4 is 17.8 Å². The zero-order valence-corrected chi connectivity index (χ0v) is 23.0.